The summed E-state index contributed by atoms with van der Waals surface area (Å²) in [5, 5.41) is 2.75. The Hall–Kier alpha value is -2.84. The van der Waals surface area contributed by atoms with Crippen LogP contribution in [0.4, 0.5) is 10.1 Å². The number of nitrogens with zero attached hydrogens (tertiary/aromatic N) is 1. The van der Waals surface area contributed by atoms with Crippen LogP contribution in [0.1, 0.15) is 17.5 Å². The highest BCUT2D eigenvalue weighted by Crippen LogP contribution is 2.26. The lowest BCUT2D eigenvalue weighted by molar-refractivity contribution is -0.119. The molecule has 0 aliphatic carbocycles. The fraction of sp³-hybridized carbons (Fsp3) is 0.240. The molecule has 0 radical (unpaired) electrons. The van der Waals surface area contributed by atoms with Crippen molar-refractivity contribution in [3.05, 3.63) is 95.8 Å². The smallest absolute Gasteiger partial charge is 0.264 e. The van der Waals surface area contributed by atoms with Gasteiger partial charge in [0.25, 0.3) is 10.0 Å². The second-order valence-corrected chi connectivity index (χ2v) is 10.5. The van der Waals surface area contributed by atoms with Crippen molar-refractivity contribution < 1.29 is 17.6 Å². The van der Waals surface area contributed by atoms with Gasteiger partial charge in [0.05, 0.1) is 10.6 Å². The normalized spacial score (nSPS) is 11.2. The van der Waals surface area contributed by atoms with Crippen molar-refractivity contribution in [1.29, 1.82) is 0 Å². The molecule has 5 nitrogen and oxygen atoms in total. The first-order valence-corrected chi connectivity index (χ1v) is 13.2. The fourth-order valence-electron chi connectivity index (χ4n) is 3.14. The van der Waals surface area contributed by atoms with Gasteiger partial charge in [0, 0.05) is 12.3 Å². The van der Waals surface area contributed by atoms with E-state index in [4.69, 9.17) is 0 Å². The van der Waals surface area contributed by atoms with Gasteiger partial charge in [-0.1, -0.05) is 60.2 Å². The quantitative estimate of drug-likeness (QED) is 0.397. The van der Waals surface area contributed by atoms with Crippen molar-refractivity contribution in [2.75, 3.05) is 23.1 Å². The summed E-state index contributed by atoms with van der Waals surface area (Å²) in [4.78, 5) is 12.6. The highest BCUT2D eigenvalue weighted by atomic mass is 32.2. The molecule has 3 aromatic rings. The number of halogens is 1. The van der Waals surface area contributed by atoms with E-state index in [1.165, 1.54) is 42.0 Å². The number of hydrogen-bond acceptors (Lipinski definition) is 4. The summed E-state index contributed by atoms with van der Waals surface area (Å²) in [6.07, 6.45) is 0.744. The van der Waals surface area contributed by atoms with E-state index in [0.29, 0.717) is 6.54 Å². The maximum absolute atomic E-state index is 14.5. The molecular weight excluding hydrogens is 459 g/mol. The van der Waals surface area contributed by atoms with Crippen LogP contribution in [0.3, 0.4) is 0 Å². The molecule has 1 amide bonds. The highest BCUT2D eigenvalue weighted by Gasteiger charge is 2.29. The zero-order chi connectivity index (χ0) is 23.7. The van der Waals surface area contributed by atoms with Crippen LogP contribution in [0.2, 0.25) is 0 Å². The van der Waals surface area contributed by atoms with Gasteiger partial charge in [-0.25, -0.2) is 12.8 Å². The van der Waals surface area contributed by atoms with Crippen molar-refractivity contribution >= 4 is 33.4 Å². The summed E-state index contributed by atoms with van der Waals surface area (Å²) in [7, 11) is -4.13. The van der Waals surface area contributed by atoms with Crippen LogP contribution in [0.15, 0.2) is 83.8 Å². The third-order valence-electron chi connectivity index (χ3n) is 4.92. The summed E-state index contributed by atoms with van der Waals surface area (Å²) in [6.45, 7) is 1.75. The topological polar surface area (TPSA) is 66.5 Å². The summed E-state index contributed by atoms with van der Waals surface area (Å²) in [6, 6.07) is 21.9. The Kier molecular flexibility index (Phi) is 8.91. The highest BCUT2D eigenvalue weighted by molar-refractivity contribution is 7.98. The number of anilines is 1. The number of rotatable bonds is 11. The average molecular weight is 487 g/mol. The Morgan fingerprint density at radius 3 is 2.33 bits per heavy atom. The van der Waals surface area contributed by atoms with E-state index in [1.807, 2.05) is 25.1 Å². The first-order valence-electron chi connectivity index (χ1n) is 10.6. The molecule has 174 valence electrons. The molecule has 0 aliphatic heterocycles. The minimum Gasteiger partial charge on any atom is -0.354 e. The van der Waals surface area contributed by atoms with Gasteiger partial charge in [-0.05, 0) is 48.9 Å². The number of carbonyl (C=O) groups is 1. The molecule has 0 aromatic heterocycles. The predicted molar refractivity (Wildman–Crippen MR) is 132 cm³/mol. The summed E-state index contributed by atoms with van der Waals surface area (Å²) < 4.78 is 41.8. The van der Waals surface area contributed by atoms with Crippen LogP contribution in [0, 0.1) is 12.7 Å². The van der Waals surface area contributed by atoms with Gasteiger partial charge in [-0.2, -0.15) is 11.8 Å². The second-order valence-electron chi connectivity index (χ2n) is 7.52. The average Bonchev–Trinajstić information content (AvgIpc) is 2.81. The molecule has 0 saturated carbocycles. The van der Waals surface area contributed by atoms with E-state index >= 15 is 0 Å². The van der Waals surface area contributed by atoms with Crippen molar-refractivity contribution in [2.24, 2.45) is 0 Å². The monoisotopic (exact) mass is 486 g/mol. The van der Waals surface area contributed by atoms with Crippen molar-refractivity contribution in [3.8, 4) is 0 Å². The molecule has 8 heteroatoms. The number of sulfonamides is 1. The third-order valence-corrected chi connectivity index (χ3v) is 7.81. The summed E-state index contributed by atoms with van der Waals surface area (Å²) in [5.74, 6) is 0.554. The molecule has 33 heavy (non-hydrogen) atoms. The number of thioether (sulfide) groups is 1. The summed E-state index contributed by atoms with van der Waals surface area (Å²) >= 11 is 1.77. The van der Waals surface area contributed by atoms with Gasteiger partial charge in [0.2, 0.25) is 5.91 Å². The number of para-hydroxylation sites is 1. The molecule has 0 spiro atoms. The molecule has 1 N–H and O–H groups in total. The number of benzene rings is 3. The number of nitrogens with one attached hydrogen (secondary N) is 1. The molecule has 0 bridgehead atoms. The molecular formula is C25H27FN2O3S2. The first kappa shape index (κ1) is 24.8. The van der Waals surface area contributed by atoms with Crippen LogP contribution in [-0.4, -0.2) is 33.2 Å². The second kappa shape index (κ2) is 11.9. The Balaban J connectivity index is 1.61. The van der Waals surface area contributed by atoms with Crippen LogP contribution in [-0.2, 0) is 20.6 Å². The molecule has 3 rings (SSSR count). The van der Waals surface area contributed by atoms with Gasteiger partial charge in [-0.15, -0.1) is 0 Å². The molecule has 0 saturated heterocycles. The molecule has 0 aliphatic rings. The largest absolute Gasteiger partial charge is 0.354 e. The van der Waals surface area contributed by atoms with Crippen molar-refractivity contribution in [1.82, 2.24) is 5.32 Å². The van der Waals surface area contributed by atoms with Crippen LogP contribution < -0.4 is 9.62 Å². The van der Waals surface area contributed by atoms with E-state index in [0.717, 1.165) is 27.8 Å². The van der Waals surface area contributed by atoms with E-state index in [1.54, 1.807) is 23.9 Å². The van der Waals surface area contributed by atoms with Gasteiger partial charge in [0.1, 0.15) is 12.4 Å². The molecule has 0 unspecified atom stereocenters. The van der Waals surface area contributed by atoms with Crippen LogP contribution in [0.5, 0.6) is 0 Å². The lowest BCUT2D eigenvalue weighted by atomic mass is 10.2. The van der Waals surface area contributed by atoms with Crippen LogP contribution in [0.25, 0.3) is 0 Å². The lowest BCUT2D eigenvalue weighted by Gasteiger charge is -2.24. The standard InChI is InChI=1S/C25H27FN2O3S2/c1-20-12-14-22(15-13-20)33(30,31)28(24-11-6-5-10-23(24)26)18-25(29)27-16-7-17-32-19-21-8-3-2-4-9-21/h2-6,8-15H,7,16-19H2,1H3,(H,27,29). The van der Waals surface area contributed by atoms with E-state index in [9.17, 15) is 17.6 Å². The number of hydrogen-bond donors (Lipinski definition) is 1. The summed E-state index contributed by atoms with van der Waals surface area (Å²) in [5.41, 5.74) is 1.98. The van der Waals surface area contributed by atoms with E-state index in [2.05, 4.69) is 17.4 Å². The maximum atomic E-state index is 14.5. The van der Waals surface area contributed by atoms with Gasteiger partial charge in [0.15, 0.2) is 0 Å². The molecule has 0 atom stereocenters. The SMILES string of the molecule is Cc1ccc(S(=O)(=O)N(CC(=O)NCCCSCc2ccccc2)c2ccccc2F)cc1. The lowest BCUT2D eigenvalue weighted by Crippen LogP contribution is -2.41. The number of amides is 1. The van der Waals surface area contributed by atoms with Crippen LogP contribution >= 0.6 is 11.8 Å². The Morgan fingerprint density at radius 2 is 1.64 bits per heavy atom. The minimum atomic E-state index is -4.13. The van der Waals surface area contributed by atoms with Gasteiger partial charge >= 0.3 is 0 Å². The third kappa shape index (κ3) is 7.07. The minimum absolute atomic E-state index is 0.00136. The predicted octanol–water partition coefficient (Wildman–Crippen LogP) is 4.77. The molecule has 3 aromatic carbocycles. The van der Waals surface area contributed by atoms with Crippen molar-refractivity contribution in [2.45, 2.75) is 24.0 Å². The number of carbonyl (C=O) groups excluding carboxylic acids is 1. The first-order chi connectivity index (χ1) is 15.9. The Labute approximate surface area is 199 Å². The van der Waals surface area contributed by atoms with Gasteiger partial charge in [-0.3, -0.25) is 9.10 Å². The zero-order valence-electron chi connectivity index (χ0n) is 18.4. The van der Waals surface area contributed by atoms with Crippen molar-refractivity contribution in [3.63, 3.8) is 0 Å². The fourth-order valence-corrected chi connectivity index (χ4v) is 5.49. The van der Waals surface area contributed by atoms with E-state index in [-0.39, 0.29) is 10.6 Å². The zero-order valence-corrected chi connectivity index (χ0v) is 20.0. The number of aryl methyl sites for hydroxylation is 1. The van der Waals surface area contributed by atoms with E-state index < -0.39 is 28.3 Å². The van der Waals surface area contributed by atoms with Gasteiger partial charge < -0.3 is 5.32 Å². The molecule has 0 fully saturated rings. The Bertz CT molecular complexity index is 1150. The Morgan fingerprint density at radius 1 is 0.970 bits per heavy atom. The molecule has 0 heterocycles. The maximum Gasteiger partial charge on any atom is 0.264 e.